The van der Waals surface area contributed by atoms with Crippen molar-refractivity contribution in [3.63, 3.8) is 0 Å². The molecular formula is C23H26N2O4S. The van der Waals surface area contributed by atoms with Crippen LogP contribution in [-0.2, 0) is 16.4 Å². The Morgan fingerprint density at radius 1 is 0.967 bits per heavy atom. The highest BCUT2D eigenvalue weighted by Crippen LogP contribution is 2.42. The first kappa shape index (κ1) is 20.5. The van der Waals surface area contributed by atoms with E-state index < -0.39 is 10.0 Å². The molecule has 1 aliphatic rings. The normalized spacial score (nSPS) is 13.7. The van der Waals surface area contributed by atoms with Gasteiger partial charge in [0.05, 0.1) is 19.1 Å². The number of ether oxygens (including phenoxy) is 2. The third-order valence-corrected chi connectivity index (χ3v) is 6.96. The Hall–Kier alpha value is -2.77. The highest BCUT2D eigenvalue weighted by molar-refractivity contribution is 7.89. The molecule has 0 unspecified atom stereocenters. The van der Waals surface area contributed by atoms with Crippen LogP contribution in [0.1, 0.15) is 19.4 Å². The van der Waals surface area contributed by atoms with Gasteiger partial charge in [-0.3, -0.25) is 0 Å². The van der Waals surface area contributed by atoms with Crippen LogP contribution in [0.3, 0.4) is 0 Å². The van der Waals surface area contributed by atoms with E-state index >= 15 is 0 Å². The lowest BCUT2D eigenvalue weighted by Gasteiger charge is -2.22. The van der Waals surface area contributed by atoms with Crippen molar-refractivity contribution in [1.82, 2.24) is 4.72 Å². The maximum Gasteiger partial charge on any atom is 0.240 e. The molecule has 158 valence electrons. The molecule has 3 aromatic carbocycles. The summed E-state index contributed by atoms with van der Waals surface area (Å²) in [6.45, 7) is 4.41. The van der Waals surface area contributed by atoms with Gasteiger partial charge in [0.2, 0.25) is 10.0 Å². The zero-order valence-corrected chi connectivity index (χ0v) is 18.4. The monoisotopic (exact) mass is 426 g/mol. The number of anilines is 2. The van der Waals surface area contributed by atoms with Crippen molar-refractivity contribution in [2.45, 2.75) is 31.2 Å². The Morgan fingerprint density at radius 2 is 1.70 bits per heavy atom. The van der Waals surface area contributed by atoms with Crippen LogP contribution in [0, 0.1) is 0 Å². The van der Waals surface area contributed by atoms with Gasteiger partial charge in [0.1, 0.15) is 0 Å². The van der Waals surface area contributed by atoms with Gasteiger partial charge in [-0.1, -0.05) is 12.1 Å². The van der Waals surface area contributed by atoms with Gasteiger partial charge >= 0.3 is 0 Å². The predicted molar refractivity (Wildman–Crippen MR) is 120 cm³/mol. The topological polar surface area (TPSA) is 67.9 Å². The summed E-state index contributed by atoms with van der Waals surface area (Å²) in [6.07, 6.45) is 0.782. The highest BCUT2D eigenvalue weighted by Gasteiger charge is 2.25. The lowest BCUT2D eigenvalue weighted by molar-refractivity contribution is 0.356. The summed E-state index contributed by atoms with van der Waals surface area (Å²) in [5.74, 6) is 1.37. The number of hydrogen-bond acceptors (Lipinski definition) is 5. The minimum absolute atomic E-state index is 0.151. The first-order valence-electron chi connectivity index (χ1n) is 9.91. The van der Waals surface area contributed by atoms with Crippen LogP contribution in [0.25, 0.3) is 10.8 Å². The van der Waals surface area contributed by atoms with Gasteiger partial charge in [-0.05, 0) is 67.6 Å². The van der Waals surface area contributed by atoms with Gasteiger partial charge in [0, 0.05) is 29.3 Å². The molecule has 6 nitrogen and oxygen atoms in total. The van der Waals surface area contributed by atoms with E-state index in [-0.39, 0.29) is 6.04 Å². The summed E-state index contributed by atoms with van der Waals surface area (Å²) in [4.78, 5) is 2.54. The van der Waals surface area contributed by atoms with E-state index in [2.05, 4.69) is 15.7 Å². The first-order chi connectivity index (χ1) is 14.3. The summed E-state index contributed by atoms with van der Waals surface area (Å²) in [5, 5.41) is 2.11. The van der Waals surface area contributed by atoms with Gasteiger partial charge in [0.25, 0.3) is 0 Å². The van der Waals surface area contributed by atoms with Gasteiger partial charge in [0.15, 0.2) is 11.5 Å². The van der Waals surface area contributed by atoms with Crippen molar-refractivity contribution in [2.75, 3.05) is 25.7 Å². The molecule has 1 aliphatic heterocycles. The average molecular weight is 427 g/mol. The number of nitrogens with one attached hydrogen (secondary N) is 1. The Bertz CT molecular complexity index is 1210. The quantitative estimate of drug-likeness (QED) is 0.639. The maximum atomic E-state index is 12.5. The van der Waals surface area contributed by atoms with Crippen LogP contribution in [0.5, 0.6) is 11.5 Å². The largest absolute Gasteiger partial charge is 0.493 e. The smallest absolute Gasteiger partial charge is 0.240 e. The summed E-state index contributed by atoms with van der Waals surface area (Å²) >= 11 is 0. The van der Waals surface area contributed by atoms with Crippen molar-refractivity contribution < 1.29 is 17.9 Å². The molecule has 0 radical (unpaired) electrons. The van der Waals surface area contributed by atoms with Crippen LogP contribution in [0.15, 0.2) is 53.4 Å². The molecule has 0 aromatic heterocycles. The number of rotatable bonds is 6. The Kier molecular flexibility index (Phi) is 5.34. The van der Waals surface area contributed by atoms with E-state index in [9.17, 15) is 8.42 Å². The number of nitrogens with zero attached hydrogens (tertiary/aromatic N) is 1. The average Bonchev–Trinajstić information content (AvgIpc) is 3.14. The fourth-order valence-corrected chi connectivity index (χ4v) is 5.30. The van der Waals surface area contributed by atoms with Crippen LogP contribution >= 0.6 is 0 Å². The van der Waals surface area contributed by atoms with Gasteiger partial charge in [-0.15, -0.1) is 0 Å². The predicted octanol–water partition coefficient (Wildman–Crippen LogP) is 4.24. The maximum absolute atomic E-state index is 12.5. The second-order valence-electron chi connectivity index (χ2n) is 7.67. The molecule has 0 amide bonds. The number of hydrogen-bond donors (Lipinski definition) is 1. The number of benzene rings is 3. The molecule has 4 rings (SSSR count). The van der Waals surface area contributed by atoms with Crippen molar-refractivity contribution in [3.8, 4) is 11.5 Å². The van der Waals surface area contributed by atoms with Crippen LogP contribution in [0.4, 0.5) is 11.4 Å². The van der Waals surface area contributed by atoms with E-state index in [1.54, 1.807) is 26.4 Å². The molecule has 0 atom stereocenters. The fourth-order valence-electron chi connectivity index (χ4n) is 4.00. The molecular weight excluding hydrogens is 400 g/mol. The standard InChI is InChI=1S/C23H26N2O4S/c1-15(2)24-30(26,27)18-8-9-20-17(12-18)10-11-25(20)21-7-5-6-16-13-22(28-3)23(29-4)14-19(16)21/h5-9,12-15,24H,10-11H2,1-4H3. The van der Waals surface area contributed by atoms with Crippen molar-refractivity contribution in [1.29, 1.82) is 0 Å². The molecule has 7 heteroatoms. The number of fused-ring (bicyclic) bond motifs is 2. The Balaban J connectivity index is 1.77. The third kappa shape index (κ3) is 3.59. The summed E-state index contributed by atoms with van der Waals surface area (Å²) in [6, 6.07) is 15.3. The van der Waals surface area contributed by atoms with Gasteiger partial charge < -0.3 is 14.4 Å². The van der Waals surface area contributed by atoms with Gasteiger partial charge in [-0.2, -0.15) is 0 Å². The zero-order valence-electron chi connectivity index (χ0n) is 17.6. The lowest BCUT2D eigenvalue weighted by atomic mass is 10.1. The molecule has 0 fully saturated rings. The summed E-state index contributed by atoms with van der Waals surface area (Å²) < 4.78 is 38.7. The molecule has 3 aromatic rings. The van der Waals surface area contributed by atoms with Gasteiger partial charge in [-0.25, -0.2) is 13.1 Å². The van der Waals surface area contributed by atoms with Crippen molar-refractivity contribution in [2.24, 2.45) is 0 Å². The van der Waals surface area contributed by atoms with Crippen LogP contribution in [0.2, 0.25) is 0 Å². The summed E-state index contributed by atoms with van der Waals surface area (Å²) in [5.41, 5.74) is 3.11. The minimum atomic E-state index is -3.51. The SMILES string of the molecule is COc1cc2cccc(N3CCc4cc(S(=O)(=O)NC(C)C)ccc43)c2cc1OC. The lowest BCUT2D eigenvalue weighted by Crippen LogP contribution is -2.30. The van der Waals surface area contributed by atoms with E-state index in [1.165, 1.54) is 0 Å². The molecule has 30 heavy (non-hydrogen) atoms. The molecule has 0 bridgehead atoms. The zero-order chi connectivity index (χ0) is 21.5. The van der Waals surface area contributed by atoms with Crippen molar-refractivity contribution >= 4 is 32.2 Å². The molecule has 1 N–H and O–H groups in total. The second kappa shape index (κ2) is 7.81. The van der Waals surface area contributed by atoms with Crippen LogP contribution in [-0.4, -0.2) is 35.2 Å². The first-order valence-corrected chi connectivity index (χ1v) is 11.4. The van der Waals surface area contributed by atoms with E-state index in [0.29, 0.717) is 16.4 Å². The summed E-state index contributed by atoms with van der Waals surface area (Å²) in [7, 11) is -0.255. The fraction of sp³-hybridized carbons (Fsp3) is 0.304. The molecule has 0 saturated heterocycles. The number of sulfonamides is 1. The Labute approximate surface area is 177 Å². The highest BCUT2D eigenvalue weighted by atomic mass is 32.2. The van der Waals surface area contributed by atoms with E-state index in [0.717, 1.165) is 40.7 Å². The van der Waals surface area contributed by atoms with Crippen molar-refractivity contribution in [3.05, 3.63) is 54.1 Å². The number of methoxy groups -OCH3 is 2. The third-order valence-electron chi connectivity index (χ3n) is 5.30. The molecule has 0 aliphatic carbocycles. The van der Waals surface area contributed by atoms with Crippen LogP contribution < -0.4 is 19.1 Å². The molecule has 1 heterocycles. The molecule has 0 saturated carbocycles. The van der Waals surface area contributed by atoms with E-state index in [1.807, 2.05) is 44.2 Å². The molecule has 0 spiro atoms. The minimum Gasteiger partial charge on any atom is -0.493 e. The van der Waals surface area contributed by atoms with E-state index in [4.69, 9.17) is 9.47 Å². The second-order valence-corrected chi connectivity index (χ2v) is 9.39. The Morgan fingerprint density at radius 3 is 2.40 bits per heavy atom.